The average molecular weight is 367 g/mol. The molecule has 2 amide bonds. The first-order valence-corrected chi connectivity index (χ1v) is 9.19. The predicted molar refractivity (Wildman–Crippen MR) is 104 cm³/mol. The molecule has 2 aromatic heterocycles. The first-order valence-electron chi connectivity index (χ1n) is 9.19. The van der Waals surface area contributed by atoms with Crippen LogP contribution in [0.2, 0.25) is 0 Å². The molecule has 3 heterocycles. The van der Waals surface area contributed by atoms with E-state index in [1.54, 1.807) is 6.20 Å². The van der Waals surface area contributed by atoms with E-state index in [0.717, 1.165) is 42.1 Å². The van der Waals surface area contributed by atoms with Crippen molar-refractivity contribution in [3.05, 3.63) is 47.9 Å². The standard InChI is InChI=1S/C20H25N5O2/c1-14-5-3-9-21-20(14)24-17-7-8-18(23-11-17)16-6-4-10-25(13-16)19(27)12-22-15(2)26/h3,5,7-9,11,16H,4,6,10,12-13H2,1-2H3,(H,21,24)(H,22,26). The maximum Gasteiger partial charge on any atom is 0.241 e. The molecule has 0 saturated carbocycles. The lowest BCUT2D eigenvalue weighted by molar-refractivity contribution is -0.133. The summed E-state index contributed by atoms with van der Waals surface area (Å²) in [6, 6.07) is 7.91. The van der Waals surface area contributed by atoms with E-state index >= 15 is 0 Å². The fourth-order valence-electron chi connectivity index (χ4n) is 3.23. The van der Waals surface area contributed by atoms with Crippen LogP contribution in [-0.4, -0.2) is 46.3 Å². The van der Waals surface area contributed by atoms with Crippen molar-refractivity contribution in [2.45, 2.75) is 32.6 Å². The minimum absolute atomic E-state index is 0.0428. The highest BCUT2D eigenvalue weighted by molar-refractivity contribution is 5.83. The molecule has 7 heteroatoms. The van der Waals surface area contributed by atoms with Crippen LogP contribution in [0.5, 0.6) is 0 Å². The summed E-state index contributed by atoms with van der Waals surface area (Å²) < 4.78 is 0. The first-order chi connectivity index (χ1) is 13.0. The van der Waals surface area contributed by atoms with Gasteiger partial charge in [0.2, 0.25) is 11.8 Å². The van der Waals surface area contributed by atoms with Crippen LogP contribution in [0.15, 0.2) is 36.7 Å². The summed E-state index contributed by atoms with van der Waals surface area (Å²) in [5.74, 6) is 0.800. The third-order valence-electron chi connectivity index (χ3n) is 4.74. The molecule has 27 heavy (non-hydrogen) atoms. The maximum atomic E-state index is 12.2. The second kappa shape index (κ2) is 8.62. The normalized spacial score (nSPS) is 16.7. The van der Waals surface area contributed by atoms with Crippen molar-refractivity contribution in [1.82, 2.24) is 20.2 Å². The van der Waals surface area contributed by atoms with Crippen LogP contribution in [0.3, 0.4) is 0 Å². The number of piperidine rings is 1. The summed E-state index contributed by atoms with van der Waals surface area (Å²) in [6.45, 7) is 4.84. The molecule has 0 spiro atoms. The molecule has 1 aliphatic heterocycles. The summed E-state index contributed by atoms with van der Waals surface area (Å²) >= 11 is 0. The van der Waals surface area contributed by atoms with Crippen molar-refractivity contribution in [3.8, 4) is 0 Å². The van der Waals surface area contributed by atoms with E-state index in [0.29, 0.717) is 6.54 Å². The molecule has 3 rings (SSSR count). The Hall–Kier alpha value is -2.96. The third kappa shape index (κ3) is 5.03. The Morgan fingerprint density at radius 1 is 1.26 bits per heavy atom. The summed E-state index contributed by atoms with van der Waals surface area (Å²) in [4.78, 5) is 34.0. The van der Waals surface area contributed by atoms with Crippen molar-refractivity contribution in [3.63, 3.8) is 0 Å². The van der Waals surface area contributed by atoms with Crippen molar-refractivity contribution in [1.29, 1.82) is 0 Å². The molecule has 2 N–H and O–H groups in total. The molecule has 142 valence electrons. The van der Waals surface area contributed by atoms with E-state index in [9.17, 15) is 9.59 Å². The van der Waals surface area contributed by atoms with Crippen LogP contribution >= 0.6 is 0 Å². The molecular formula is C20H25N5O2. The van der Waals surface area contributed by atoms with E-state index in [-0.39, 0.29) is 24.3 Å². The highest BCUT2D eigenvalue weighted by Gasteiger charge is 2.25. The molecule has 0 radical (unpaired) electrons. The van der Waals surface area contributed by atoms with Gasteiger partial charge in [0.25, 0.3) is 0 Å². The molecule has 1 fully saturated rings. The van der Waals surface area contributed by atoms with Crippen LogP contribution in [0.1, 0.15) is 36.9 Å². The van der Waals surface area contributed by atoms with Gasteiger partial charge in [-0.2, -0.15) is 0 Å². The Kier molecular flexibility index (Phi) is 6.01. The van der Waals surface area contributed by atoms with Crippen molar-refractivity contribution in [2.24, 2.45) is 0 Å². The molecule has 1 atom stereocenters. The number of nitrogens with zero attached hydrogens (tertiary/aromatic N) is 3. The quantitative estimate of drug-likeness (QED) is 0.847. The Morgan fingerprint density at radius 2 is 2.11 bits per heavy atom. The minimum Gasteiger partial charge on any atom is -0.347 e. The van der Waals surface area contributed by atoms with Gasteiger partial charge in [-0.05, 0) is 43.5 Å². The largest absolute Gasteiger partial charge is 0.347 e. The zero-order valence-corrected chi connectivity index (χ0v) is 15.7. The number of nitrogens with one attached hydrogen (secondary N) is 2. The van der Waals surface area contributed by atoms with Gasteiger partial charge in [-0.1, -0.05) is 6.07 Å². The molecule has 2 aromatic rings. The molecule has 1 saturated heterocycles. The highest BCUT2D eigenvalue weighted by Crippen LogP contribution is 2.27. The number of aryl methyl sites for hydroxylation is 1. The molecule has 0 aliphatic carbocycles. The number of aromatic nitrogens is 2. The third-order valence-corrected chi connectivity index (χ3v) is 4.74. The van der Waals surface area contributed by atoms with Gasteiger partial charge in [0.15, 0.2) is 0 Å². The van der Waals surface area contributed by atoms with E-state index in [4.69, 9.17) is 0 Å². The lowest BCUT2D eigenvalue weighted by Crippen LogP contribution is -2.44. The minimum atomic E-state index is -0.190. The number of hydrogen-bond donors (Lipinski definition) is 2. The number of anilines is 2. The number of pyridine rings is 2. The first kappa shape index (κ1) is 18.8. The van der Waals surface area contributed by atoms with Gasteiger partial charge in [-0.25, -0.2) is 4.98 Å². The van der Waals surface area contributed by atoms with Crippen LogP contribution < -0.4 is 10.6 Å². The van der Waals surface area contributed by atoms with Crippen molar-refractivity contribution in [2.75, 3.05) is 25.0 Å². The Morgan fingerprint density at radius 3 is 2.81 bits per heavy atom. The Labute approximate surface area is 159 Å². The zero-order chi connectivity index (χ0) is 19.2. The van der Waals surface area contributed by atoms with E-state index in [1.165, 1.54) is 6.92 Å². The number of likely N-dealkylation sites (tertiary alicyclic amines) is 1. The van der Waals surface area contributed by atoms with Crippen molar-refractivity contribution >= 4 is 23.3 Å². The molecule has 1 unspecified atom stereocenters. The molecule has 7 nitrogen and oxygen atoms in total. The van der Waals surface area contributed by atoms with Crippen molar-refractivity contribution < 1.29 is 9.59 Å². The van der Waals surface area contributed by atoms with Gasteiger partial charge in [0.05, 0.1) is 18.4 Å². The number of carbonyl (C=O) groups is 2. The van der Waals surface area contributed by atoms with Crippen LogP contribution in [-0.2, 0) is 9.59 Å². The fourth-order valence-corrected chi connectivity index (χ4v) is 3.23. The maximum absolute atomic E-state index is 12.2. The fraction of sp³-hybridized carbons (Fsp3) is 0.400. The SMILES string of the molecule is CC(=O)NCC(=O)N1CCCC(c2ccc(Nc3ncccc3C)cn2)C1. The second-order valence-corrected chi connectivity index (χ2v) is 6.85. The molecule has 0 bridgehead atoms. The lowest BCUT2D eigenvalue weighted by Gasteiger charge is -2.32. The predicted octanol–water partition coefficient (Wildman–Crippen LogP) is 2.37. The lowest BCUT2D eigenvalue weighted by atomic mass is 9.94. The smallest absolute Gasteiger partial charge is 0.241 e. The van der Waals surface area contributed by atoms with Crippen LogP contribution in [0.4, 0.5) is 11.5 Å². The van der Waals surface area contributed by atoms with Gasteiger partial charge in [-0.15, -0.1) is 0 Å². The second-order valence-electron chi connectivity index (χ2n) is 6.85. The Bertz CT molecular complexity index is 806. The van der Waals surface area contributed by atoms with Gasteiger partial charge in [-0.3, -0.25) is 14.6 Å². The van der Waals surface area contributed by atoms with Crippen LogP contribution in [0, 0.1) is 6.92 Å². The molecule has 0 aromatic carbocycles. The summed E-state index contributed by atoms with van der Waals surface area (Å²) in [5.41, 5.74) is 2.94. The van der Waals surface area contributed by atoms with Gasteiger partial charge >= 0.3 is 0 Å². The summed E-state index contributed by atoms with van der Waals surface area (Å²) in [6.07, 6.45) is 5.50. The van der Waals surface area contributed by atoms with Gasteiger partial charge in [0, 0.05) is 37.8 Å². The molecule has 1 aliphatic rings. The zero-order valence-electron chi connectivity index (χ0n) is 15.7. The summed E-state index contributed by atoms with van der Waals surface area (Å²) in [7, 11) is 0. The highest BCUT2D eigenvalue weighted by atomic mass is 16.2. The summed E-state index contributed by atoms with van der Waals surface area (Å²) in [5, 5.41) is 5.85. The Balaban J connectivity index is 1.61. The van der Waals surface area contributed by atoms with Crippen LogP contribution in [0.25, 0.3) is 0 Å². The van der Waals surface area contributed by atoms with Gasteiger partial charge < -0.3 is 15.5 Å². The number of amides is 2. The monoisotopic (exact) mass is 367 g/mol. The number of carbonyl (C=O) groups excluding carboxylic acids is 2. The topological polar surface area (TPSA) is 87.2 Å². The number of rotatable bonds is 5. The molecular weight excluding hydrogens is 342 g/mol. The van der Waals surface area contributed by atoms with Gasteiger partial charge in [0.1, 0.15) is 5.82 Å². The van der Waals surface area contributed by atoms with E-state index in [1.807, 2.05) is 42.3 Å². The van der Waals surface area contributed by atoms with E-state index in [2.05, 4.69) is 20.6 Å². The average Bonchev–Trinajstić information content (AvgIpc) is 2.68. The number of hydrogen-bond acceptors (Lipinski definition) is 5. The van der Waals surface area contributed by atoms with E-state index < -0.39 is 0 Å².